The van der Waals surface area contributed by atoms with E-state index in [1.54, 1.807) is 0 Å². The minimum Gasteiger partial charge on any atom is -0.192 e. The van der Waals surface area contributed by atoms with E-state index < -0.39 is 0 Å². The van der Waals surface area contributed by atoms with Crippen molar-refractivity contribution in [2.45, 2.75) is 32.1 Å². The van der Waals surface area contributed by atoms with E-state index in [1.807, 2.05) is 12.1 Å². The first-order valence-electron chi connectivity index (χ1n) is 5.45. The van der Waals surface area contributed by atoms with Gasteiger partial charge in [-0.2, -0.15) is 5.26 Å². The van der Waals surface area contributed by atoms with Gasteiger partial charge in [0.2, 0.25) is 0 Å². The highest BCUT2D eigenvalue weighted by Crippen LogP contribution is 2.31. The maximum Gasteiger partial charge on any atom is 0.0991 e. The van der Waals surface area contributed by atoms with Crippen molar-refractivity contribution in [2.24, 2.45) is 0 Å². The molecular formula is C14H15N. The van der Waals surface area contributed by atoms with Crippen LogP contribution in [0.4, 0.5) is 0 Å². The monoisotopic (exact) mass is 197 g/mol. The number of nitriles is 1. The molecule has 0 heterocycles. The van der Waals surface area contributed by atoms with Crippen LogP contribution < -0.4 is 0 Å². The summed E-state index contributed by atoms with van der Waals surface area (Å²) in [5, 5.41) is 8.71. The van der Waals surface area contributed by atoms with Gasteiger partial charge in [-0.1, -0.05) is 23.8 Å². The first-order valence-corrected chi connectivity index (χ1v) is 5.45. The normalized spacial score (nSPS) is 20.5. The molecule has 1 heteroatoms. The Hall–Kier alpha value is -1.55. The topological polar surface area (TPSA) is 23.8 Å². The van der Waals surface area contributed by atoms with Gasteiger partial charge in [-0.15, -0.1) is 0 Å². The summed E-state index contributed by atoms with van der Waals surface area (Å²) in [5.74, 6) is 0.654. The van der Waals surface area contributed by atoms with Gasteiger partial charge < -0.3 is 0 Å². The molecule has 0 saturated carbocycles. The summed E-state index contributed by atoms with van der Waals surface area (Å²) in [5.41, 5.74) is 3.64. The van der Waals surface area contributed by atoms with E-state index in [-0.39, 0.29) is 0 Å². The molecule has 0 fully saturated rings. The van der Waals surface area contributed by atoms with Gasteiger partial charge in [0, 0.05) is 0 Å². The third-order valence-corrected chi connectivity index (χ3v) is 3.15. The molecule has 15 heavy (non-hydrogen) atoms. The Labute approximate surface area is 91.0 Å². The van der Waals surface area contributed by atoms with Gasteiger partial charge >= 0.3 is 0 Å². The zero-order valence-electron chi connectivity index (χ0n) is 9.03. The van der Waals surface area contributed by atoms with Gasteiger partial charge in [0.15, 0.2) is 0 Å². The fourth-order valence-corrected chi connectivity index (χ4v) is 2.10. The Morgan fingerprint density at radius 1 is 1.27 bits per heavy atom. The average molecular weight is 197 g/mol. The fourth-order valence-electron chi connectivity index (χ4n) is 2.10. The summed E-state index contributed by atoms with van der Waals surface area (Å²) < 4.78 is 0. The summed E-state index contributed by atoms with van der Waals surface area (Å²) in [7, 11) is 0. The molecule has 0 spiro atoms. The zero-order valence-corrected chi connectivity index (χ0v) is 9.03. The van der Waals surface area contributed by atoms with Gasteiger partial charge in [-0.3, -0.25) is 0 Å². The Balaban J connectivity index is 2.14. The van der Waals surface area contributed by atoms with Gasteiger partial charge in [0.1, 0.15) is 0 Å². The van der Waals surface area contributed by atoms with E-state index in [0.717, 1.165) is 12.0 Å². The van der Waals surface area contributed by atoms with Crippen molar-refractivity contribution >= 4 is 0 Å². The largest absolute Gasteiger partial charge is 0.192 e. The van der Waals surface area contributed by atoms with Crippen molar-refractivity contribution in [3.05, 3.63) is 47.0 Å². The van der Waals surface area contributed by atoms with Crippen LogP contribution >= 0.6 is 0 Å². The molecule has 0 bridgehead atoms. The van der Waals surface area contributed by atoms with Crippen LogP contribution in [0, 0.1) is 11.3 Å². The van der Waals surface area contributed by atoms with Crippen LogP contribution in [0.1, 0.15) is 43.2 Å². The van der Waals surface area contributed by atoms with E-state index in [4.69, 9.17) is 5.26 Å². The molecule has 0 radical (unpaired) electrons. The second kappa shape index (κ2) is 4.31. The number of hydrogen-bond acceptors (Lipinski definition) is 1. The van der Waals surface area contributed by atoms with Crippen molar-refractivity contribution in [3.8, 4) is 6.07 Å². The number of hydrogen-bond donors (Lipinski definition) is 0. The highest BCUT2D eigenvalue weighted by molar-refractivity contribution is 5.33. The van der Waals surface area contributed by atoms with Crippen molar-refractivity contribution in [1.29, 1.82) is 5.26 Å². The van der Waals surface area contributed by atoms with E-state index in [9.17, 15) is 0 Å². The third kappa shape index (κ3) is 2.27. The van der Waals surface area contributed by atoms with Crippen LogP contribution in [0.2, 0.25) is 0 Å². The molecule has 0 amide bonds. The Kier molecular flexibility index (Phi) is 2.87. The number of rotatable bonds is 1. The molecule has 1 atom stereocenters. The molecule has 2 rings (SSSR count). The molecule has 76 valence electrons. The standard InChI is InChI=1S/C14H15N/c1-11-2-6-13(7-3-11)14-8-4-12(10-15)5-9-14/h2,4-5,8-9,13H,3,6-7H2,1H3. The number of benzene rings is 1. The average Bonchev–Trinajstić information content (AvgIpc) is 2.30. The van der Waals surface area contributed by atoms with Crippen LogP contribution in [0.3, 0.4) is 0 Å². The van der Waals surface area contributed by atoms with Crippen LogP contribution in [0.5, 0.6) is 0 Å². The summed E-state index contributed by atoms with van der Waals surface area (Å²) in [6.45, 7) is 2.20. The lowest BCUT2D eigenvalue weighted by atomic mass is 9.85. The molecule has 0 aromatic heterocycles. The van der Waals surface area contributed by atoms with E-state index >= 15 is 0 Å². The molecule has 1 nitrogen and oxygen atoms in total. The first-order chi connectivity index (χ1) is 7.29. The van der Waals surface area contributed by atoms with Crippen LogP contribution in [-0.4, -0.2) is 0 Å². The van der Waals surface area contributed by atoms with Gasteiger partial charge in [-0.05, 0) is 49.8 Å². The van der Waals surface area contributed by atoms with Gasteiger partial charge in [0.25, 0.3) is 0 Å². The molecular weight excluding hydrogens is 182 g/mol. The molecule has 1 unspecified atom stereocenters. The van der Waals surface area contributed by atoms with Crippen LogP contribution in [-0.2, 0) is 0 Å². The summed E-state index contributed by atoms with van der Waals surface area (Å²) >= 11 is 0. The molecule has 0 saturated heterocycles. The maximum absolute atomic E-state index is 8.71. The summed E-state index contributed by atoms with van der Waals surface area (Å²) in [4.78, 5) is 0. The predicted octanol–water partition coefficient (Wildman–Crippen LogP) is 3.77. The van der Waals surface area contributed by atoms with E-state index in [0.29, 0.717) is 5.92 Å². The Bertz CT molecular complexity index is 406. The SMILES string of the molecule is CC1=CCC(c2ccc(C#N)cc2)CC1. The first kappa shape index (κ1) is 9.98. The van der Waals surface area contributed by atoms with Gasteiger partial charge in [0.05, 0.1) is 11.6 Å². The highest BCUT2D eigenvalue weighted by Gasteiger charge is 2.14. The van der Waals surface area contributed by atoms with Crippen molar-refractivity contribution in [3.63, 3.8) is 0 Å². The number of nitrogens with zero attached hydrogens (tertiary/aromatic N) is 1. The lowest BCUT2D eigenvalue weighted by Gasteiger charge is -2.20. The van der Waals surface area contributed by atoms with Crippen LogP contribution in [0.15, 0.2) is 35.9 Å². The highest BCUT2D eigenvalue weighted by atomic mass is 14.2. The zero-order chi connectivity index (χ0) is 10.7. The quantitative estimate of drug-likeness (QED) is 0.629. The Morgan fingerprint density at radius 2 is 2.00 bits per heavy atom. The van der Waals surface area contributed by atoms with E-state index in [2.05, 4.69) is 31.2 Å². The molecule has 0 N–H and O–H groups in total. The minimum atomic E-state index is 0.654. The lowest BCUT2D eigenvalue weighted by molar-refractivity contribution is 0.599. The lowest BCUT2D eigenvalue weighted by Crippen LogP contribution is -2.02. The summed E-state index contributed by atoms with van der Waals surface area (Å²) in [6, 6.07) is 10.2. The Morgan fingerprint density at radius 3 is 2.53 bits per heavy atom. The minimum absolute atomic E-state index is 0.654. The molecule has 1 aliphatic carbocycles. The second-order valence-electron chi connectivity index (χ2n) is 4.26. The molecule has 1 aromatic rings. The van der Waals surface area contributed by atoms with Crippen molar-refractivity contribution in [1.82, 2.24) is 0 Å². The fraction of sp³-hybridized carbons (Fsp3) is 0.357. The second-order valence-corrected chi connectivity index (χ2v) is 4.26. The van der Waals surface area contributed by atoms with E-state index in [1.165, 1.54) is 24.0 Å². The smallest absolute Gasteiger partial charge is 0.0991 e. The molecule has 1 aliphatic rings. The molecule has 1 aromatic carbocycles. The van der Waals surface area contributed by atoms with Crippen LogP contribution in [0.25, 0.3) is 0 Å². The predicted molar refractivity (Wildman–Crippen MR) is 61.5 cm³/mol. The molecule has 0 aliphatic heterocycles. The number of allylic oxidation sites excluding steroid dienone is 2. The third-order valence-electron chi connectivity index (χ3n) is 3.15. The summed E-state index contributed by atoms with van der Waals surface area (Å²) in [6.07, 6.45) is 5.95. The maximum atomic E-state index is 8.71. The van der Waals surface area contributed by atoms with Crippen molar-refractivity contribution < 1.29 is 0 Å². The van der Waals surface area contributed by atoms with Gasteiger partial charge in [-0.25, -0.2) is 0 Å². The van der Waals surface area contributed by atoms with Crippen molar-refractivity contribution in [2.75, 3.05) is 0 Å².